The second-order valence-corrected chi connectivity index (χ2v) is 14.6. The molecule has 53 heavy (non-hydrogen) atoms. The molecule has 0 saturated heterocycles. The van der Waals surface area contributed by atoms with Crippen LogP contribution < -0.4 is 4.90 Å². The highest BCUT2D eigenvalue weighted by Gasteiger charge is 2.37. The maximum absolute atomic E-state index is 2.46. The van der Waals surface area contributed by atoms with E-state index in [9.17, 15) is 0 Å². The van der Waals surface area contributed by atoms with Gasteiger partial charge >= 0.3 is 0 Å². The van der Waals surface area contributed by atoms with Gasteiger partial charge in [-0.05, 0) is 87.5 Å². The quantitative estimate of drug-likeness (QED) is 0.170. The van der Waals surface area contributed by atoms with E-state index >= 15 is 0 Å². The van der Waals surface area contributed by atoms with Crippen molar-refractivity contribution >= 4 is 38.9 Å². The minimum Gasteiger partial charge on any atom is -0.310 e. The van der Waals surface area contributed by atoms with Gasteiger partial charge in [0.25, 0.3) is 0 Å². The third-order valence-electron chi connectivity index (χ3n) is 11.2. The predicted octanol–water partition coefficient (Wildman–Crippen LogP) is 13.9. The Balaban J connectivity index is 1.25. The first-order valence-corrected chi connectivity index (χ1v) is 18.4. The molecule has 0 spiro atoms. The van der Waals surface area contributed by atoms with Crippen molar-refractivity contribution in [3.63, 3.8) is 0 Å². The van der Waals surface area contributed by atoms with Crippen LogP contribution in [0.2, 0.25) is 0 Å². The number of hydrogen-bond donors (Lipinski definition) is 0. The molecule has 1 heterocycles. The summed E-state index contributed by atoms with van der Waals surface area (Å²) < 4.78 is 2.41. The lowest BCUT2D eigenvalue weighted by molar-refractivity contribution is 0.660. The fraction of sp³-hybridized carbons (Fsp3) is 0.0588. The zero-order valence-corrected chi connectivity index (χ0v) is 29.9. The number of benzene rings is 8. The highest BCUT2D eigenvalue weighted by Crippen LogP contribution is 2.54. The van der Waals surface area contributed by atoms with E-state index in [0.29, 0.717) is 0 Å². The van der Waals surface area contributed by atoms with Crippen LogP contribution in [0.25, 0.3) is 60.9 Å². The second-order valence-electron chi connectivity index (χ2n) is 14.6. The van der Waals surface area contributed by atoms with Crippen molar-refractivity contribution in [1.82, 2.24) is 4.57 Å². The van der Waals surface area contributed by atoms with Gasteiger partial charge in [0.05, 0.1) is 16.7 Å². The van der Waals surface area contributed by atoms with Crippen LogP contribution in [0.3, 0.4) is 0 Å². The molecule has 1 aromatic heterocycles. The van der Waals surface area contributed by atoms with Crippen molar-refractivity contribution in [2.24, 2.45) is 0 Å². The zero-order chi connectivity index (χ0) is 35.5. The monoisotopic (exact) mass is 678 g/mol. The number of anilines is 3. The lowest BCUT2D eigenvalue weighted by Gasteiger charge is -2.29. The summed E-state index contributed by atoms with van der Waals surface area (Å²) in [5.41, 5.74) is 17.0. The lowest BCUT2D eigenvalue weighted by Crippen LogP contribution is -2.15. The zero-order valence-electron chi connectivity index (χ0n) is 29.9. The molecule has 8 aromatic carbocycles. The summed E-state index contributed by atoms with van der Waals surface area (Å²) in [6.07, 6.45) is 0. The molecule has 0 fully saturated rings. The molecule has 0 bridgehead atoms. The molecule has 0 unspecified atom stereocenters. The summed E-state index contributed by atoms with van der Waals surface area (Å²) in [6, 6.07) is 70.8. The molecule has 0 atom stereocenters. The maximum Gasteiger partial charge on any atom is 0.0561 e. The van der Waals surface area contributed by atoms with E-state index < -0.39 is 0 Å². The Morgan fingerprint density at radius 1 is 0.415 bits per heavy atom. The minimum absolute atomic E-state index is 0.129. The van der Waals surface area contributed by atoms with Gasteiger partial charge in [-0.15, -0.1) is 0 Å². The van der Waals surface area contributed by atoms with Gasteiger partial charge < -0.3 is 9.47 Å². The molecular weight excluding hydrogens is 641 g/mol. The molecule has 1 aliphatic carbocycles. The number of hydrogen-bond acceptors (Lipinski definition) is 1. The normalized spacial score (nSPS) is 12.9. The Morgan fingerprint density at radius 2 is 1.00 bits per heavy atom. The molecule has 0 amide bonds. The summed E-state index contributed by atoms with van der Waals surface area (Å²) in [4.78, 5) is 2.46. The topological polar surface area (TPSA) is 8.17 Å². The van der Waals surface area contributed by atoms with Gasteiger partial charge in [0.2, 0.25) is 0 Å². The minimum atomic E-state index is -0.129. The Bertz CT molecular complexity index is 2790. The van der Waals surface area contributed by atoms with Crippen molar-refractivity contribution in [3.05, 3.63) is 205 Å². The Labute approximate surface area is 310 Å². The first-order valence-electron chi connectivity index (χ1n) is 18.4. The third-order valence-corrected chi connectivity index (χ3v) is 11.2. The van der Waals surface area contributed by atoms with Crippen molar-refractivity contribution < 1.29 is 0 Å². The smallest absolute Gasteiger partial charge is 0.0561 e. The molecule has 0 radical (unpaired) electrons. The number of para-hydroxylation sites is 3. The van der Waals surface area contributed by atoms with Crippen LogP contribution in [0.5, 0.6) is 0 Å². The van der Waals surface area contributed by atoms with E-state index in [-0.39, 0.29) is 5.41 Å². The van der Waals surface area contributed by atoms with Crippen LogP contribution in [-0.4, -0.2) is 4.57 Å². The molecule has 0 saturated carbocycles. The van der Waals surface area contributed by atoms with Gasteiger partial charge in [-0.1, -0.05) is 159 Å². The standard InChI is InChI=1S/C51H38N2/c1-51(2)45-32-30-38(33-44(45)50-41(25-16-26-46(50)51)36-19-8-4-9-20-36)52(47-27-14-12-23-40(47)35-17-6-3-7-18-35)39-29-31-43-42-24-13-15-28-48(42)53(49(43)34-39)37-21-10-5-11-22-37/h3-34H,1-2H3. The highest BCUT2D eigenvalue weighted by atomic mass is 15.1. The molecule has 9 aromatic rings. The molecule has 2 nitrogen and oxygen atoms in total. The van der Waals surface area contributed by atoms with Crippen molar-refractivity contribution in [1.29, 1.82) is 0 Å². The second kappa shape index (κ2) is 12.3. The van der Waals surface area contributed by atoms with Gasteiger partial charge in [-0.25, -0.2) is 0 Å². The van der Waals surface area contributed by atoms with E-state index in [4.69, 9.17) is 0 Å². The summed E-state index contributed by atoms with van der Waals surface area (Å²) in [5, 5.41) is 2.49. The summed E-state index contributed by atoms with van der Waals surface area (Å²) >= 11 is 0. The van der Waals surface area contributed by atoms with Crippen LogP contribution in [-0.2, 0) is 5.41 Å². The fourth-order valence-electron chi connectivity index (χ4n) is 8.70. The Kier molecular flexibility index (Phi) is 7.19. The van der Waals surface area contributed by atoms with Gasteiger partial charge in [0.15, 0.2) is 0 Å². The van der Waals surface area contributed by atoms with E-state index in [1.807, 2.05) is 0 Å². The predicted molar refractivity (Wildman–Crippen MR) is 224 cm³/mol. The summed E-state index contributed by atoms with van der Waals surface area (Å²) in [5.74, 6) is 0. The summed E-state index contributed by atoms with van der Waals surface area (Å²) in [6.45, 7) is 4.73. The van der Waals surface area contributed by atoms with E-state index in [2.05, 4.69) is 217 Å². The fourth-order valence-corrected chi connectivity index (χ4v) is 8.70. The highest BCUT2D eigenvalue weighted by molar-refractivity contribution is 6.10. The van der Waals surface area contributed by atoms with Crippen molar-refractivity contribution in [2.45, 2.75) is 19.3 Å². The van der Waals surface area contributed by atoms with Gasteiger partial charge in [-0.2, -0.15) is 0 Å². The number of aromatic nitrogens is 1. The lowest BCUT2D eigenvalue weighted by atomic mass is 9.82. The Hall–Kier alpha value is -6.64. The SMILES string of the molecule is CC1(C)c2ccc(N(c3ccc4c5ccccc5n(-c5ccccc5)c4c3)c3ccccc3-c3ccccc3)cc2-c2c(-c3ccccc3)cccc21. The molecule has 252 valence electrons. The third kappa shape index (κ3) is 4.94. The van der Waals surface area contributed by atoms with Crippen LogP contribution in [0.4, 0.5) is 17.1 Å². The summed E-state index contributed by atoms with van der Waals surface area (Å²) in [7, 11) is 0. The largest absolute Gasteiger partial charge is 0.310 e. The number of fused-ring (bicyclic) bond motifs is 6. The first kappa shape index (κ1) is 31.1. The van der Waals surface area contributed by atoms with Crippen LogP contribution in [0, 0.1) is 0 Å². The van der Waals surface area contributed by atoms with E-state index in [1.54, 1.807) is 0 Å². The molecule has 0 aliphatic heterocycles. The van der Waals surface area contributed by atoms with Gasteiger partial charge in [-0.3, -0.25) is 0 Å². The van der Waals surface area contributed by atoms with Gasteiger partial charge in [0.1, 0.15) is 0 Å². The molecule has 10 rings (SSSR count). The molecule has 0 N–H and O–H groups in total. The van der Waals surface area contributed by atoms with E-state index in [0.717, 1.165) is 22.7 Å². The molecule has 1 aliphatic rings. The maximum atomic E-state index is 2.46. The van der Waals surface area contributed by atoms with Crippen molar-refractivity contribution in [3.8, 4) is 39.1 Å². The Morgan fingerprint density at radius 3 is 1.77 bits per heavy atom. The van der Waals surface area contributed by atoms with Crippen molar-refractivity contribution in [2.75, 3.05) is 4.90 Å². The van der Waals surface area contributed by atoms with E-state index in [1.165, 1.54) is 66.3 Å². The van der Waals surface area contributed by atoms with Crippen LogP contribution >= 0.6 is 0 Å². The number of rotatable bonds is 6. The number of nitrogens with zero attached hydrogens (tertiary/aromatic N) is 2. The van der Waals surface area contributed by atoms with Crippen LogP contribution in [0.15, 0.2) is 194 Å². The van der Waals surface area contributed by atoms with Gasteiger partial charge in [0, 0.05) is 38.8 Å². The first-order chi connectivity index (χ1) is 26.1. The average molecular weight is 679 g/mol. The van der Waals surface area contributed by atoms with Crippen LogP contribution in [0.1, 0.15) is 25.0 Å². The average Bonchev–Trinajstić information content (AvgIpc) is 3.67. The molecular formula is C51H38N2. The molecule has 2 heteroatoms.